The summed E-state index contributed by atoms with van der Waals surface area (Å²) in [5.41, 5.74) is 4.34. The number of nitrogens with zero attached hydrogens (tertiary/aromatic N) is 4. The van der Waals surface area contributed by atoms with Crippen molar-refractivity contribution in [3.8, 4) is 10.6 Å². The molecule has 0 unspecified atom stereocenters. The van der Waals surface area contributed by atoms with Crippen molar-refractivity contribution in [1.82, 2.24) is 24.6 Å². The largest absolute Gasteiger partial charge is 0.326 e. The molecular weight excluding hydrogens is 374 g/mol. The van der Waals surface area contributed by atoms with E-state index in [2.05, 4.69) is 30.7 Å². The van der Waals surface area contributed by atoms with Crippen LogP contribution in [0.25, 0.3) is 27.4 Å². The standard InChI is InChI=1S/C19H15N7OS/c1-11(27)21-13-3-2-4-14(10-13)22-18-24-19-23-15-9-12(17-20-7-8-28-17)5-6-16(15)26(19)25-18/h2-10H,1H3,(H,21,27)(H2,22,23,24,25). The fourth-order valence-corrected chi connectivity index (χ4v) is 3.69. The Bertz CT molecular complexity index is 1300. The maximum absolute atomic E-state index is 11.2. The lowest BCUT2D eigenvalue weighted by atomic mass is 10.2. The number of fused-ring (bicyclic) bond motifs is 3. The molecule has 8 nitrogen and oxygen atoms in total. The van der Waals surface area contributed by atoms with E-state index in [1.165, 1.54) is 6.92 Å². The topological polar surface area (TPSA) is 100 Å². The second-order valence-electron chi connectivity index (χ2n) is 6.25. The second-order valence-corrected chi connectivity index (χ2v) is 7.14. The third-order valence-electron chi connectivity index (χ3n) is 4.19. The lowest BCUT2D eigenvalue weighted by Crippen LogP contribution is -2.05. The number of carbonyl (C=O) groups excluding carboxylic acids is 1. The number of carbonyl (C=O) groups is 1. The Balaban J connectivity index is 1.46. The highest BCUT2D eigenvalue weighted by molar-refractivity contribution is 7.13. The molecule has 2 aromatic carbocycles. The molecule has 0 spiro atoms. The van der Waals surface area contributed by atoms with Crippen LogP contribution in [0.5, 0.6) is 0 Å². The summed E-state index contributed by atoms with van der Waals surface area (Å²) in [7, 11) is 0. The number of rotatable bonds is 4. The van der Waals surface area contributed by atoms with Crippen LogP contribution in [0.2, 0.25) is 0 Å². The third kappa shape index (κ3) is 2.97. The molecule has 0 aliphatic heterocycles. The summed E-state index contributed by atoms with van der Waals surface area (Å²) in [6.07, 6.45) is 1.79. The molecule has 0 aliphatic rings. The van der Waals surface area contributed by atoms with Gasteiger partial charge in [0.05, 0.1) is 11.0 Å². The number of H-pyrrole nitrogens is 1. The van der Waals surface area contributed by atoms with E-state index in [0.29, 0.717) is 17.4 Å². The van der Waals surface area contributed by atoms with Gasteiger partial charge in [0.2, 0.25) is 11.9 Å². The molecule has 3 heterocycles. The van der Waals surface area contributed by atoms with E-state index in [9.17, 15) is 4.79 Å². The van der Waals surface area contributed by atoms with Gasteiger partial charge in [-0.1, -0.05) is 6.07 Å². The molecular formula is C19H15N7OS. The molecule has 9 heteroatoms. The van der Waals surface area contributed by atoms with Crippen LogP contribution in [0.1, 0.15) is 6.92 Å². The summed E-state index contributed by atoms with van der Waals surface area (Å²) in [6.45, 7) is 1.48. The van der Waals surface area contributed by atoms with Gasteiger partial charge in [-0.3, -0.25) is 9.89 Å². The molecule has 0 atom stereocenters. The number of benzene rings is 2. The van der Waals surface area contributed by atoms with Crippen molar-refractivity contribution >= 4 is 51.4 Å². The van der Waals surface area contributed by atoms with E-state index in [1.54, 1.807) is 17.5 Å². The van der Waals surface area contributed by atoms with Crippen molar-refractivity contribution < 1.29 is 4.79 Å². The number of imidazole rings is 1. The van der Waals surface area contributed by atoms with Gasteiger partial charge in [0.1, 0.15) is 5.01 Å². The highest BCUT2D eigenvalue weighted by Crippen LogP contribution is 2.27. The number of aromatic amines is 1. The number of hydrogen-bond donors (Lipinski definition) is 3. The monoisotopic (exact) mass is 389 g/mol. The van der Waals surface area contributed by atoms with Crippen molar-refractivity contribution in [3.05, 3.63) is 54.0 Å². The molecule has 0 bridgehead atoms. The number of hydrogen-bond acceptors (Lipinski definition) is 6. The fourth-order valence-electron chi connectivity index (χ4n) is 3.05. The van der Waals surface area contributed by atoms with Crippen LogP contribution in [0.4, 0.5) is 17.3 Å². The fraction of sp³-hybridized carbons (Fsp3) is 0.0526. The highest BCUT2D eigenvalue weighted by atomic mass is 32.1. The van der Waals surface area contributed by atoms with Gasteiger partial charge in [-0.2, -0.15) is 4.98 Å². The van der Waals surface area contributed by atoms with Crippen LogP contribution in [0.3, 0.4) is 0 Å². The third-order valence-corrected chi connectivity index (χ3v) is 5.01. The molecule has 0 saturated carbocycles. The van der Waals surface area contributed by atoms with E-state index >= 15 is 0 Å². The van der Waals surface area contributed by atoms with Gasteiger partial charge in [-0.15, -0.1) is 11.3 Å². The van der Waals surface area contributed by atoms with E-state index in [4.69, 9.17) is 0 Å². The molecule has 3 N–H and O–H groups in total. The van der Waals surface area contributed by atoms with Crippen molar-refractivity contribution in [2.45, 2.75) is 6.92 Å². The average molecular weight is 389 g/mol. The molecule has 138 valence electrons. The number of anilines is 3. The Kier molecular flexibility index (Phi) is 3.80. The average Bonchev–Trinajstić information content (AvgIpc) is 3.37. The van der Waals surface area contributed by atoms with Crippen molar-refractivity contribution in [3.63, 3.8) is 0 Å². The van der Waals surface area contributed by atoms with Crippen molar-refractivity contribution in [2.24, 2.45) is 0 Å². The van der Waals surface area contributed by atoms with E-state index in [-0.39, 0.29) is 5.91 Å². The van der Waals surface area contributed by atoms with Crippen LogP contribution in [0, 0.1) is 0 Å². The quantitative estimate of drug-likeness (QED) is 0.431. The number of nitrogens with one attached hydrogen (secondary N) is 3. The predicted molar refractivity (Wildman–Crippen MR) is 110 cm³/mol. The smallest absolute Gasteiger partial charge is 0.253 e. The van der Waals surface area contributed by atoms with Gasteiger partial charge in [0, 0.05) is 35.4 Å². The Hall–Kier alpha value is -3.72. The first-order valence-corrected chi connectivity index (χ1v) is 9.46. The zero-order valence-corrected chi connectivity index (χ0v) is 15.6. The lowest BCUT2D eigenvalue weighted by molar-refractivity contribution is -0.114. The lowest BCUT2D eigenvalue weighted by Gasteiger charge is -2.06. The van der Waals surface area contributed by atoms with Gasteiger partial charge in [0.15, 0.2) is 0 Å². The normalized spacial score (nSPS) is 11.2. The van der Waals surface area contributed by atoms with Gasteiger partial charge < -0.3 is 10.6 Å². The summed E-state index contributed by atoms with van der Waals surface area (Å²) in [5.74, 6) is 1.03. The van der Waals surface area contributed by atoms with Crippen molar-refractivity contribution in [2.75, 3.05) is 10.6 Å². The Morgan fingerprint density at radius 2 is 2.04 bits per heavy atom. The summed E-state index contributed by atoms with van der Waals surface area (Å²) >= 11 is 1.60. The minimum Gasteiger partial charge on any atom is -0.326 e. The molecule has 0 aliphatic carbocycles. The van der Waals surface area contributed by atoms with Crippen molar-refractivity contribution in [1.29, 1.82) is 0 Å². The van der Waals surface area contributed by atoms with Gasteiger partial charge in [0.25, 0.3) is 5.78 Å². The van der Waals surface area contributed by atoms with Gasteiger partial charge in [-0.05, 0) is 36.4 Å². The molecule has 0 radical (unpaired) electrons. The maximum atomic E-state index is 11.2. The zero-order valence-electron chi connectivity index (χ0n) is 14.8. The van der Waals surface area contributed by atoms with Crippen LogP contribution in [-0.2, 0) is 4.79 Å². The molecule has 0 fully saturated rings. The summed E-state index contributed by atoms with van der Waals surface area (Å²) in [5, 5.41) is 12.1. The van der Waals surface area contributed by atoms with Crippen LogP contribution >= 0.6 is 11.3 Å². The SMILES string of the molecule is CC(=O)Nc1cccc(Nc2nc3nc4cc(-c5nccs5)ccc4n3[nH]2)c1. The number of aromatic nitrogens is 5. The van der Waals surface area contributed by atoms with Gasteiger partial charge >= 0.3 is 0 Å². The Morgan fingerprint density at radius 3 is 2.86 bits per heavy atom. The number of thiazole rings is 1. The Labute approximate surface area is 163 Å². The van der Waals surface area contributed by atoms with Crippen LogP contribution in [-0.4, -0.2) is 30.5 Å². The van der Waals surface area contributed by atoms with E-state index in [1.807, 2.05) is 52.4 Å². The zero-order chi connectivity index (χ0) is 19.1. The molecule has 1 amide bonds. The predicted octanol–water partition coefficient (Wildman–Crippen LogP) is 4.04. The first-order chi connectivity index (χ1) is 13.7. The number of amides is 1. The van der Waals surface area contributed by atoms with E-state index < -0.39 is 0 Å². The second kappa shape index (κ2) is 6.46. The first kappa shape index (κ1) is 16.5. The molecule has 5 rings (SSSR count). The molecule has 5 aromatic rings. The molecule has 3 aromatic heterocycles. The Morgan fingerprint density at radius 1 is 1.14 bits per heavy atom. The minimum atomic E-state index is -0.114. The van der Waals surface area contributed by atoms with E-state index in [0.717, 1.165) is 27.3 Å². The minimum absolute atomic E-state index is 0.114. The summed E-state index contributed by atoms with van der Waals surface area (Å²) in [4.78, 5) is 24.7. The van der Waals surface area contributed by atoms with Crippen LogP contribution in [0.15, 0.2) is 54.0 Å². The van der Waals surface area contributed by atoms with Crippen LogP contribution < -0.4 is 10.6 Å². The molecule has 28 heavy (non-hydrogen) atoms. The summed E-state index contributed by atoms with van der Waals surface area (Å²) < 4.78 is 1.83. The highest BCUT2D eigenvalue weighted by Gasteiger charge is 2.12. The first-order valence-electron chi connectivity index (χ1n) is 8.58. The molecule has 0 saturated heterocycles. The van der Waals surface area contributed by atoms with Gasteiger partial charge in [-0.25, -0.2) is 14.5 Å². The summed E-state index contributed by atoms with van der Waals surface area (Å²) in [6, 6.07) is 13.5. The maximum Gasteiger partial charge on any atom is 0.253 e.